The van der Waals surface area contributed by atoms with Gasteiger partial charge in [0, 0.05) is 6.20 Å². The van der Waals surface area contributed by atoms with E-state index in [4.69, 9.17) is 22.7 Å². The molecule has 4 heteroatoms. The summed E-state index contributed by atoms with van der Waals surface area (Å²) in [5.74, 6) is 0.724. The molecule has 1 aliphatic rings. The molecule has 1 aromatic rings. The lowest BCUT2D eigenvalue weighted by atomic mass is 9.98. The van der Waals surface area contributed by atoms with Crippen LogP contribution in [-0.4, -0.2) is 16.1 Å². The SMILES string of the molecule is NC(=S)c1ccncc1OC1CCCCC1. The minimum atomic E-state index is 0.297. The molecule has 0 spiro atoms. The van der Waals surface area contributed by atoms with Crippen LogP contribution in [0.2, 0.25) is 0 Å². The second kappa shape index (κ2) is 5.25. The molecule has 0 atom stereocenters. The Kier molecular flexibility index (Phi) is 3.72. The van der Waals surface area contributed by atoms with Crippen molar-refractivity contribution >= 4 is 17.2 Å². The maximum Gasteiger partial charge on any atom is 0.148 e. The number of nitrogens with zero attached hydrogens (tertiary/aromatic N) is 1. The zero-order valence-electron chi connectivity index (χ0n) is 9.19. The zero-order valence-corrected chi connectivity index (χ0v) is 10.0. The molecule has 2 rings (SSSR count). The van der Waals surface area contributed by atoms with Gasteiger partial charge in [0.25, 0.3) is 0 Å². The first-order valence-corrected chi connectivity index (χ1v) is 6.08. The van der Waals surface area contributed by atoms with Crippen LogP contribution in [0.15, 0.2) is 18.5 Å². The van der Waals surface area contributed by atoms with E-state index in [9.17, 15) is 0 Å². The maximum atomic E-state index is 5.92. The van der Waals surface area contributed by atoms with Crippen molar-refractivity contribution in [1.82, 2.24) is 4.98 Å². The number of pyridine rings is 1. The van der Waals surface area contributed by atoms with Crippen molar-refractivity contribution in [3.63, 3.8) is 0 Å². The van der Waals surface area contributed by atoms with Crippen molar-refractivity contribution in [2.24, 2.45) is 5.73 Å². The molecule has 3 nitrogen and oxygen atoms in total. The molecule has 0 aromatic carbocycles. The van der Waals surface area contributed by atoms with Crippen molar-refractivity contribution in [3.8, 4) is 5.75 Å². The number of ether oxygens (including phenoxy) is 1. The average molecular weight is 236 g/mol. The molecule has 1 aliphatic carbocycles. The van der Waals surface area contributed by atoms with E-state index in [0.717, 1.165) is 24.2 Å². The van der Waals surface area contributed by atoms with Crippen LogP contribution in [0, 0.1) is 0 Å². The van der Waals surface area contributed by atoms with Gasteiger partial charge in [-0.3, -0.25) is 4.98 Å². The van der Waals surface area contributed by atoms with Crippen molar-refractivity contribution in [2.45, 2.75) is 38.2 Å². The summed E-state index contributed by atoms with van der Waals surface area (Å²) in [6.07, 6.45) is 9.71. The molecule has 1 aromatic heterocycles. The monoisotopic (exact) mass is 236 g/mol. The van der Waals surface area contributed by atoms with E-state index in [1.165, 1.54) is 19.3 Å². The van der Waals surface area contributed by atoms with Gasteiger partial charge in [-0.2, -0.15) is 0 Å². The van der Waals surface area contributed by atoms with Gasteiger partial charge in [0.15, 0.2) is 0 Å². The van der Waals surface area contributed by atoms with E-state index >= 15 is 0 Å². The summed E-state index contributed by atoms with van der Waals surface area (Å²) in [5, 5.41) is 0. The Morgan fingerprint density at radius 3 is 2.81 bits per heavy atom. The highest BCUT2D eigenvalue weighted by Gasteiger charge is 2.17. The standard InChI is InChI=1S/C12H16N2OS/c13-12(16)10-6-7-14-8-11(10)15-9-4-2-1-3-5-9/h6-9H,1-5H2,(H2,13,16). The van der Waals surface area contributed by atoms with Crippen molar-refractivity contribution < 1.29 is 4.74 Å². The molecular formula is C12H16N2OS. The van der Waals surface area contributed by atoms with Gasteiger partial charge < -0.3 is 10.5 Å². The minimum absolute atomic E-state index is 0.297. The van der Waals surface area contributed by atoms with Crippen LogP contribution in [-0.2, 0) is 0 Å². The van der Waals surface area contributed by atoms with Crippen LogP contribution < -0.4 is 10.5 Å². The van der Waals surface area contributed by atoms with Crippen LogP contribution in [0.25, 0.3) is 0 Å². The molecule has 86 valence electrons. The fourth-order valence-electron chi connectivity index (χ4n) is 2.04. The Hall–Kier alpha value is -1.16. The molecule has 2 N–H and O–H groups in total. The summed E-state index contributed by atoms with van der Waals surface area (Å²) >= 11 is 4.99. The fraction of sp³-hybridized carbons (Fsp3) is 0.500. The van der Waals surface area contributed by atoms with Gasteiger partial charge >= 0.3 is 0 Å². The van der Waals surface area contributed by atoms with Crippen molar-refractivity contribution in [2.75, 3.05) is 0 Å². The molecule has 0 radical (unpaired) electrons. The Balaban J connectivity index is 2.10. The van der Waals surface area contributed by atoms with Crippen LogP contribution in [0.4, 0.5) is 0 Å². The third kappa shape index (κ3) is 2.70. The number of nitrogens with two attached hydrogens (primary N) is 1. The van der Waals surface area contributed by atoms with Gasteiger partial charge in [0.05, 0.1) is 17.9 Å². The average Bonchev–Trinajstić information content (AvgIpc) is 2.31. The van der Waals surface area contributed by atoms with Gasteiger partial charge in [0.2, 0.25) is 0 Å². The fourth-order valence-corrected chi connectivity index (χ4v) is 2.21. The Morgan fingerprint density at radius 2 is 2.12 bits per heavy atom. The van der Waals surface area contributed by atoms with Gasteiger partial charge in [-0.05, 0) is 31.7 Å². The topological polar surface area (TPSA) is 48.1 Å². The second-order valence-corrected chi connectivity index (χ2v) is 4.55. The Morgan fingerprint density at radius 1 is 1.38 bits per heavy atom. The first kappa shape index (κ1) is 11.3. The smallest absolute Gasteiger partial charge is 0.148 e. The lowest BCUT2D eigenvalue weighted by molar-refractivity contribution is 0.154. The molecule has 0 bridgehead atoms. The van der Waals surface area contributed by atoms with Crippen molar-refractivity contribution in [1.29, 1.82) is 0 Å². The Labute approximate surface area is 101 Å². The van der Waals surface area contributed by atoms with E-state index in [-0.39, 0.29) is 0 Å². The molecule has 1 heterocycles. The predicted molar refractivity (Wildman–Crippen MR) is 67.6 cm³/mol. The quantitative estimate of drug-likeness (QED) is 0.819. The summed E-state index contributed by atoms with van der Waals surface area (Å²) in [7, 11) is 0. The summed E-state index contributed by atoms with van der Waals surface area (Å²) in [6, 6.07) is 1.81. The minimum Gasteiger partial charge on any atom is -0.488 e. The third-order valence-corrected chi connectivity index (χ3v) is 3.12. The van der Waals surface area contributed by atoms with Crippen molar-refractivity contribution in [3.05, 3.63) is 24.0 Å². The van der Waals surface area contributed by atoms with Gasteiger partial charge in [-0.25, -0.2) is 0 Å². The first-order valence-electron chi connectivity index (χ1n) is 5.68. The number of aromatic nitrogens is 1. The molecule has 1 fully saturated rings. The van der Waals surface area contributed by atoms with E-state index in [1.54, 1.807) is 18.5 Å². The van der Waals surface area contributed by atoms with Crippen LogP contribution in [0.5, 0.6) is 5.75 Å². The highest BCUT2D eigenvalue weighted by atomic mass is 32.1. The summed E-state index contributed by atoms with van der Waals surface area (Å²) < 4.78 is 5.92. The van der Waals surface area contributed by atoms with Crippen LogP contribution >= 0.6 is 12.2 Å². The van der Waals surface area contributed by atoms with Crippen LogP contribution in [0.1, 0.15) is 37.7 Å². The van der Waals surface area contributed by atoms with E-state index in [2.05, 4.69) is 4.98 Å². The summed E-state index contributed by atoms with van der Waals surface area (Å²) in [5.41, 5.74) is 6.43. The molecule has 0 saturated heterocycles. The number of rotatable bonds is 3. The summed E-state index contributed by atoms with van der Waals surface area (Å²) in [6.45, 7) is 0. The van der Waals surface area contributed by atoms with E-state index in [0.29, 0.717) is 11.1 Å². The zero-order chi connectivity index (χ0) is 11.4. The lowest BCUT2D eigenvalue weighted by Crippen LogP contribution is -2.21. The first-order chi connectivity index (χ1) is 7.77. The molecular weight excluding hydrogens is 220 g/mol. The number of hydrogen-bond acceptors (Lipinski definition) is 3. The highest BCUT2D eigenvalue weighted by Crippen LogP contribution is 2.25. The van der Waals surface area contributed by atoms with E-state index < -0.39 is 0 Å². The van der Waals surface area contributed by atoms with Gasteiger partial charge in [-0.15, -0.1) is 0 Å². The number of hydrogen-bond donors (Lipinski definition) is 1. The van der Waals surface area contributed by atoms with E-state index in [1.807, 2.05) is 0 Å². The maximum absolute atomic E-state index is 5.92. The number of thiocarbonyl (C=S) groups is 1. The molecule has 0 unspecified atom stereocenters. The third-order valence-electron chi connectivity index (χ3n) is 2.90. The van der Waals surface area contributed by atoms with Crippen LogP contribution in [0.3, 0.4) is 0 Å². The molecule has 0 amide bonds. The predicted octanol–water partition coefficient (Wildman–Crippen LogP) is 2.43. The molecule has 1 saturated carbocycles. The second-order valence-electron chi connectivity index (χ2n) is 4.11. The van der Waals surface area contributed by atoms with Gasteiger partial charge in [0.1, 0.15) is 10.7 Å². The normalized spacial score (nSPS) is 17.0. The largest absolute Gasteiger partial charge is 0.488 e. The molecule has 0 aliphatic heterocycles. The molecule has 16 heavy (non-hydrogen) atoms. The Bertz CT molecular complexity index is 375. The lowest BCUT2D eigenvalue weighted by Gasteiger charge is -2.23. The van der Waals surface area contributed by atoms with Gasteiger partial charge in [-0.1, -0.05) is 18.6 Å². The summed E-state index contributed by atoms with van der Waals surface area (Å²) in [4.78, 5) is 4.42. The highest BCUT2D eigenvalue weighted by molar-refractivity contribution is 7.80.